The largest absolute Gasteiger partial charge is 0.322 e. The Bertz CT molecular complexity index is 585. The first-order valence-corrected chi connectivity index (χ1v) is 5.50. The molecule has 0 atom stereocenters. The van der Waals surface area contributed by atoms with E-state index in [4.69, 9.17) is 0 Å². The molecule has 2 N–H and O–H groups in total. The average Bonchev–Trinajstić information content (AvgIpc) is 2.76. The van der Waals surface area contributed by atoms with E-state index in [1.54, 1.807) is 31.2 Å². The van der Waals surface area contributed by atoms with Gasteiger partial charge in [-0.15, -0.1) is 0 Å². The predicted molar refractivity (Wildman–Crippen MR) is 67.7 cm³/mol. The minimum Gasteiger partial charge on any atom is -0.322 e. The molecule has 0 saturated carbocycles. The number of anilines is 1. The fraction of sp³-hybridized carbons (Fsp3) is 0.154. The van der Waals surface area contributed by atoms with Crippen molar-refractivity contribution in [3.05, 3.63) is 47.3 Å². The normalized spacial score (nSPS) is 10.1. The molecule has 0 aliphatic carbocycles. The van der Waals surface area contributed by atoms with Crippen molar-refractivity contribution in [2.24, 2.45) is 0 Å². The molecule has 0 spiro atoms. The number of aromatic amines is 1. The Labute approximate surface area is 104 Å². The van der Waals surface area contributed by atoms with Crippen LogP contribution >= 0.6 is 0 Å². The standard InChI is InChI=1S/C13H13N3O2/c1-8-12(7-14-16-8)13(18)15-11-5-3-10(4-6-11)9(2)17/h3-7H,1-2H3,(H,14,16)(H,15,18). The van der Waals surface area contributed by atoms with Crippen LogP contribution in [0.25, 0.3) is 0 Å². The average molecular weight is 243 g/mol. The van der Waals surface area contributed by atoms with Gasteiger partial charge in [0.2, 0.25) is 0 Å². The van der Waals surface area contributed by atoms with Crippen LogP contribution in [0.2, 0.25) is 0 Å². The number of nitrogens with one attached hydrogen (secondary N) is 2. The number of carbonyl (C=O) groups is 2. The number of carbonyl (C=O) groups excluding carboxylic acids is 2. The monoisotopic (exact) mass is 243 g/mol. The summed E-state index contributed by atoms with van der Waals surface area (Å²) in [4.78, 5) is 23.0. The van der Waals surface area contributed by atoms with Gasteiger partial charge in [-0.05, 0) is 38.1 Å². The van der Waals surface area contributed by atoms with Gasteiger partial charge in [-0.3, -0.25) is 14.7 Å². The lowest BCUT2D eigenvalue weighted by Gasteiger charge is -2.04. The third-order valence-electron chi connectivity index (χ3n) is 2.62. The van der Waals surface area contributed by atoms with E-state index in [0.29, 0.717) is 22.5 Å². The first-order chi connectivity index (χ1) is 8.58. The minimum atomic E-state index is -0.225. The molecule has 18 heavy (non-hydrogen) atoms. The molecule has 5 heteroatoms. The topological polar surface area (TPSA) is 74.8 Å². The Morgan fingerprint density at radius 3 is 2.39 bits per heavy atom. The van der Waals surface area contributed by atoms with Crippen molar-refractivity contribution in [1.82, 2.24) is 10.2 Å². The maximum Gasteiger partial charge on any atom is 0.259 e. The van der Waals surface area contributed by atoms with Gasteiger partial charge >= 0.3 is 0 Å². The highest BCUT2D eigenvalue weighted by Crippen LogP contribution is 2.12. The molecular formula is C13H13N3O2. The number of aryl methyl sites for hydroxylation is 1. The van der Waals surface area contributed by atoms with Gasteiger partial charge < -0.3 is 5.32 Å². The van der Waals surface area contributed by atoms with Crippen LogP contribution in [0.3, 0.4) is 0 Å². The Morgan fingerprint density at radius 2 is 1.89 bits per heavy atom. The predicted octanol–water partition coefficient (Wildman–Crippen LogP) is 2.17. The van der Waals surface area contributed by atoms with Crippen LogP contribution in [0, 0.1) is 6.92 Å². The van der Waals surface area contributed by atoms with E-state index in [0.717, 1.165) is 0 Å². The maximum atomic E-state index is 11.9. The SMILES string of the molecule is CC(=O)c1ccc(NC(=O)c2cn[nH]c2C)cc1. The summed E-state index contributed by atoms with van der Waals surface area (Å²) in [5.41, 5.74) is 2.48. The first kappa shape index (κ1) is 12.0. The second-order valence-corrected chi connectivity index (χ2v) is 4.00. The van der Waals surface area contributed by atoms with Crippen molar-refractivity contribution in [2.45, 2.75) is 13.8 Å². The molecular weight excluding hydrogens is 230 g/mol. The van der Waals surface area contributed by atoms with Crippen molar-refractivity contribution >= 4 is 17.4 Å². The number of Topliss-reactive ketones (excluding diaryl/α,β-unsaturated/α-hetero) is 1. The van der Waals surface area contributed by atoms with E-state index in [9.17, 15) is 9.59 Å². The number of amides is 1. The number of nitrogens with zero attached hydrogens (tertiary/aromatic N) is 1. The number of hydrogen-bond donors (Lipinski definition) is 2. The van der Waals surface area contributed by atoms with Gasteiger partial charge in [0.25, 0.3) is 5.91 Å². The number of ketones is 1. The number of benzene rings is 1. The molecule has 92 valence electrons. The smallest absolute Gasteiger partial charge is 0.259 e. The molecule has 1 aromatic heterocycles. The Morgan fingerprint density at radius 1 is 1.22 bits per heavy atom. The summed E-state index contributed by atoms with van der Waals surface area (Å²) in [6.45, 7) is 3.28. The van der Waals surface area contributed by atoms with Gasteiger partial charge in [0.15, 0.2) is 5.78 Å². The van der Waals surface area contributed by atoms with E-state index in [-0.39, 0.29) is 11.7 Å². The second-order valence-electron chi connectivity index (χ2n) is 4.00. The Balaban J connectivity index is 2.13. The van der Waals surface area contributed by atoms with Crippen LogP contribution in [-0.2, 0) is 0 Å². The molecule has 0 bridgehead atoms. The van der Waals surface area contributed by atoms with Crippen LogP contribution in [0.1, 0.15) is 33.3 Å². The van der Waals surface area contributed by atoms with Crippen LogP contribution < -0.4 is 5.32 Å². The zero-order valence-electron chi connectivity index (χ0n) is 10.2. The van der Waals surface area contributed by atoms with Gasteiger partial charge in [-0.25, -0.2) is 0 Å². The second kappa shape index (κ2) is 4.83. The van der Waals surface area contributed by atoms with Crippen molar-refractivity contribution in [3.63, 3.8) is 0 Å². The number of aromatic nitrogens is 2. The van der Waals surface area contributed by atoms with Crippen LogP contribution in [0.4, 0.5) is 5.69 Å². The molecule has 1 amide bonds. The molecule has 0 aliphatic heterocycles. The third-order valence-corrected chi connectivity index (χ3v) is 2.62. The fourth-order valence-corrected chi connectivity index (χ4v) is 1.57. The van der Waals surface area contributed by atoms with Gasteiger partial charge in [-0.2, -0.15) is 5.10 Å². The van der Waals surface area contributed by atoms with E-state index in [2.05, 4.69) is 15.5 Å². The molecule has 2 aromatic rings. The lowest BCUT2D eigenvalue weighted by Crippen LogP contribution is -2.12. The highest BCUT2D eigenvalue weighted by Gasteiger charge is 2.10. The zero-order valence-corrected chi connectivity index (χ0v) is 10.2. The van der Waals surface area contributed by atoms with Crippen LogP contribution in [-0.4, -0.2) is 21.9 Å². The highest BCUT2D eigenvalue weighted by molar-refractivity contribution is 6.05. The van der Waals surface area contributed by atoms with Crippen LogP contribution in [0.5, 0.6) is 0 Å². The summed E-state index contributed by atoms with van der Waals surface area (Å²) in [5, 5.41) is 9.24. The van der Waals surface area contributed by atoms with E-state index in [1.165, 1.54) is 13.1 Å². The summed E-state index contributed by atoms with van der Waals surface area (Å²) in [6, 6.07) is 6.76. The lowest BCUT2D eigenvalue weighted by molar-refractivity contribution is 0.101. The molecule has 5 nitrogen and oxygen atoms in total. The third kappa shape index (κ3) is 2.45. The van der Waals surface area contributed by atoms with E-state index in [1.807, 2.05) is 0 Å². The molecule has 1 aromatic carbocycles. The van der Waals surface area contributed by atoms with Crippen molar-refractivity contribution in [2.75, 3.05) is 5.32 Å². The lowest BCUT2D eigenvalue weighted by atomic mass is 10.1. The first-order valence-electron chi connectivity index (χ1n) is 5.50. The van der Waals surface area contributed by atoms with Gasteiger partial charge in [0.1, 0.15) is 0 Å². The van der Waals surface area contributed by atoms with Crippen LogP contribution in [0.15, 0.2) is 30.5 Å². The maximum absolute atomic E-state index is 11.9. The van der Waals surface area contributed by atoms with E-state index < -0.39 is 0 Å². The van der Waals surface area contributed by atoms with Gasteiger partial charge in [-0.1, -0.05) is 0 Å². The molecule has 0 fully saturated rings. The fourth-order valence-electron chi connectivity index (χ4n) is 1.57. The summed E-state index contributed by atoms with van der Waals surface area (Å²) in [7, 11) is 0. The van der Waals surface area contributed by atoms with E-state index >= 15 is 0 Å². The molecule has 1 heterocycles. The Kier molecular flexibility index (Phi) is 3.23. The molecule has 0 saturated heterocycles. The minimum absolute atomic E-state index is 0.00134. The number of H-pyrrole nitrogens is 1. The Hall–Kier alpha value is -2.43. The van der Waals surface area contributed by atoms with Crippen molar-refractivity contribution in [3.8, 4) is 0 Å². The van der Waals surface area contributed by atoms with Gasteiger partial charge in [0, 0.05) is 16.9 Å². The zero-order chi connectivity index (χ0) is 13.1. The molecule has 0 aliphatic rings. The molecule has 2 rings (SSSR count). The highest BCUT2D eigenvalue weighted by atomic mass is 16.1. The summed E-state index contributed by atoms with van der Waals surface area (Å²) in [6.07, 6.45) is 1.48. The number of hydrogen-bond acceptors (Lipinski definition) is 3. The molecule has 0 unspecified atom stereocenters. The van der Waals surface area contributed by atoms with Crippen molar-refractivity contribution < 1.29 is 9.59 Å². The molecule has 0 radical (unpaired) electrons. The van der Waals surface area contributed by atoms with Gasteiger partial charge in [0.05, 0.1) is 11.8 Å². The quantitative estimate of drug-likeness (QED) is 0.811. The summed E-state index contributed by atoms with van der Waals surface area (Å²) >= 11 is 0. The van der Waals surface area contributed by atoms with Crippen molar-refractivity contribution in [1.29, 1.82) is 0 Å². The summed E-state index contributed by atoms with van der Waals surface area (Å²) < 4.78 is 0. The number of rotatable bonds is 3. The summed E-state index contributed by atoms with van der Waals surface area (Å²) in [5.74, 6) is -0.226.